The fourth-order valence-corrected chi connectivity index (χ4v) is 4.06. The molecule has 0 spiro atoms. The quantitative estimate of drug-likeness (QED) is 0.663. The summed E-state index contributed by atoms with van der Waals surface area (Å²) in [5.74, 6) is 2.21. The number of para-hydroxylation sites is 1. The maximum Gasteiger partial charge on any atom is 0.266 e. The number of carbonyl (C=O) groups excluding carboxylic acids is 1. The van der Waals surface area contributed by atoms with E-state index in [1.165, 1.54) is 11.3 Å². The van der Waals surface area contributed by atoms with Crippen molar-refractivity contribution >= 4 is 17.2 Å². The van der Waals surface area contributed by atoms with Gasteiger partial charge in [-0.3, -0.25) is 9.78 Å². The summed E-state index contributed by atoms with van der Waals surface area (Å²) in [5, 5.41) is 0. The van der Waals surface area contributed by atoms with Crippen LogP contribution in [0, 0.1) is 0 Å². The third kappa shape index (κ3) is 3.73. The van der Waals surface area contributed by atoms with Gasteiger partial charge in [0.15, 0.2) is 0 Å². The van der Waals surface area contributed by atoms with Crippen molar-refractivity contribution in [2.75, 3.05) is 13.7 Å². The van der Waals surface area contributed by atoms with Gasteiger partial charge < -0.3 is 14.1 Å². The molecular formula is C20H21N3O3S. The van der Waals surface area contributed by atoms with E-state index in [9.17, 15) is 4.79 Å². The van der Waals surface area contributed by atoms with Gasteiger partial charge in [-0.1, -0.05) is 18.2 Å². The Bertz CT molecular complexity index is 907. The number of thiazole rings is 1. The Kier molecular flexibility index (Phi) is 5.20. The lowest BCUT2D eigenvalue weighted by molar-refractivity contribution is 0.0575. The normalized spacial score (nSPS) is 17.1. The number of likely N-dealkylation sites (tertiary alicyclic amines) is 1. The predicted molar refractivity (Wildman–Crippen MR) is 102 cm³/mol. The van der Waals surface area contributed by atoms with E-state index in [4.69, 9.17) is 9.15 Å². The van der Waals surface area contributed by atoms with E-state index < -0.39 is 0 Å². The molecule has 1 aromatic carbocycles. The van der Waals surface area contributed by atoms with Crippen molar-refractivity contribution in [3.63, 3.8) is 0 Å². The minimum atomic E-state index is -0.125. The van der Waals surface area contributed by atoms with Gasteiger partial charge in [-0.05, 0) is 25.3 Å². The Hall–Kier alpha value is -2.67. The molecule has 0 N–H and O–H groups in total. The van der Waals surface area contributed by atoms with Crippen LogP contribution >= 0.6 is 11.3 Å². The number of oxazole rings is 1. The zero-order chi connectivity index (χ0) is 18.6. The fraction of sp³-hybridized carbons (Fsp3) is 0.350. The Morgan fingerprint density at radius 3 is 3.04 bits per heavy atom. The molecule has 0 bridgehead atoms. The second-order valence-electron chi connectivity index (χ2n) is 6.53. The lowest BCUT2D eigenvalue weighted by atomic mass is 10.0. The summed E-state index contributed by atoms with van der Waals surface area (Å²) in [6.45, 7) is 0.714. The molecule has 1 aliphatic rings. The first-order valence-corrected chi connectivity index (χ1v) is 9.90. The Morgan fingerprint density at radius 1 is 1.33 bits per heavy atom. The van der Waals surface area contributed by atoms with Crippen molar-refractivity contribution in [3.8, 4) is 5.75 Å². The number of nitrogens with zero attached hydrogens (tertiary/aromatic N) is 3. The van der Waals surface area contributed by atoms with Gasteiger partial charge in [0, 0.05) is 18.5 Å². The topological polar surface area (TPSA) is 68.5 Å². The molecule has 0 radical (unpaired) electrons. The Labute approximate surface area is 161 Å². The van der Waals surface area contributed by atoms with Crippen LogP contribution in [0.1, 0.15) is 52.2 Å². The van der Waals surface area contributed by atoms with E-state index in [-0.39, 0.29) is 11.9 Å². The van der Waals surface area contributed by atoms with Crippen LogP contribution in [0.15, 0.2) is 46.6 Å². The second-order valence-corrected chi connectivity index (χ2v) is 7.42. The summed E-state index contributed by atoms with van der Waals surface area (Å²) in [5.41, 5.74) is 2.73. The number of hydrogen-bond acceptors (Lipinski definition) is 6. The third-order valence-electron chi connectivity index (χ3n) is 4.82. The molecule has 6 nitrogen and oxygen atoms in total. The van der Waals surface area contributed by atoms with Crippen LogP contribution < -0.4 is 4.74 Å². The molecule has 1 atom stereocenters. The number of hydrogen-bond donors (Lipinski definition) is 0. The third-order valence-corrected chi connectivity index (χ3v) is 5.58. The molecule has 140 valence electrons. The van der Waals surface area contributed by atoms with Crippen LogP contribution in [0.2, 0.25) is 0 Å². The van der Waals surface area contributed by atoms with Crippen molar-refractivity contribution in [1.29, 1.82) is 0 Å². The highest BCUT2D eigenvalue weighted by atomic mass is 32.1. The minimum absolute atomic E-state index is 0.00618. The fourth-order valence-electron chi connectivity index (χ4n) is 3.49. The van der Waals surface area contributed by atoms with Crippen molar-refractivity contribution in [3.05, 3.63) is 64.3 Å². The number of methoxy groups -OCH3 is 1. The summed E-state index contributed by atoms with van der Waals surface area (Å²) in [6.07, 6.45) is 6.90. The van der Waals surface area contributed by atoms with Gasteiger partial charge in [0.25, 0.3) is 5.91 Å². The molecule has 0 aliphatic carbocycles. The van der Waals surface area contributed by atoms with Crippen LogP contribution in [0.4, 0.5) is 0 Å². The van der Waals surface area contributed by atoms with Gasteiger partial charge in [0.1, 0.15) is 22.4 Å². The van der Waals surface area contributed by atoms with Crippen LogP contribution in [0.3, 0.4) is 0 Å². The van der Waals surface area contributed by atoms with Crippen LogP contribution in [-0.4, -0.2) is 34.4 Å². The predicted octanol–water partition coefficient (Wildman–Crippen LogP) is 4.10. The molecule has 2 aromatic heterocycles. The second kappa shape index (κ2) is 7.92. The number of aromatic nitrogens is 2. The van der Waals surface area contributed by atoms with Gasteiger partial charge >= 0.3 is 0 Å². The number of benzene rings is 1. The van der Waals surface area contributed by atoms with E-state index in [0.29, 0.717) is 23.7 Å². The molecule has 3 heterocycles. The van der Waals surface area contributed by atoms with Crippen LogP contribution in [-0.2, 0) is 6.42 Å². The van der Waals surface area contributed by atoms with E-state index in [2.05, 4.69) is 9.97 Å². The number of ether oxygens (including phenoxy) is 1. The standard InChI is InChI=1S/C20H21N3O3S/c1-25-17-8-3-2-6-14(17)10-15-11-22-19(26-15)16-7-4-5-9-23(16)20(24)18-12-21-13-27-18/h2-3,6,8,11-13,16H,4-5,7,9-10H2,1H3/t16-/m0/s1. The van der Waals surface area contributed by atoms with Gasteiger partial charge in [0.2, 0.25) is 5.89 Å². The van der Waals surface area contributed by atoms with Gasteiger partial charge in [-0.2, -0.15) is 0 Å². The van der Waals surface area contributed by atoms with Gasteiger partial charge in [0.05, 0.1) is 25.0 Å². The maximum absolute atomic E-state index is 12.8. The average molecular weight is 383 g/mol. The SMILES string of the molecule is COc1ccccc1Cc1cnc([C@@H]2CCCCN2C(=O)c2cncs2)o1. The molecule has 1 saturated heterocycles. The van der Waals surface area contributed by atoms with Crippen molar-refractivity contribution < 1.29 is 13.9 Å². The van der Waals surface area contributed by atoms with E-state index >= 15 is 0 Å². The summed E-state index contributed by atoms with van der Waals surface area (Å²) in [7, 11) is 1.66. The smallest absolute Gasteiger partial charge is 0.266 e. The lowest BCUT2D eigenvalue weighted by Gasteiger charge is -2.33. The molecule has 3 aromatic rings. The molecule has 27 heavy (non-hydrogen) atoms. The summed E-state index contributed by atoms with van der Waals surface area (Å²) in [6, 6.07) is 7.75. The summed E-state index contributed by atoms with van der Waals surface area (Å²) in [4.78, 5) is 23.9. The van der Waals surface area contributed by atoms with Crippen molar-refractivity contribution in [2.45, 2.75) is 31.7 Å². The average Bonchev–Trinajstić information content (AvgIpc) is 3.40. The van der Waals surface area contributed by atoms with Crippen LogP contribution in [0.5, 0.6) is 5.75 Å². The van der Waals surface area contributed by atoms with Gasteiger partial charge in [-0.25, -0.2) is 4.98 Å². The molecule has 1 aliphatic heterocycles. The highest BCUT2D eigenvalue weighted by molar-refractivity contribution is 7.11. The van der Waals surface area contributed by atoms with E-state index in [0.717, 1.165) is 36.3 Å². The largest absolute Gasteiger partial charge is 0.496 e. The van der Waals surface area contributed by atoms with Crippen molar-refractivity contribution in [2.24, 2.45) is 0 Å². The number of amides is 1. The zero-order valence-electron chi connectivity index (χ0n) is 15.1. The minimum Gasteiger partial charge on any atom is -0.496 e. The molecule has 0 saturated carbocycles. The first-order chi connectivity index (χ1) is 13.3. The number of rotatable bonds is 5. The van der Waals surface area contributed by atoms with E-state index in [1.807, 2.05) is 29.2 Å². The highest BCUT2D eigenvalue weighted by Gasteiger charge is 2.32. The summed E-state index contributed by atoms with van der Waals surface area (Å²) < 4.78 is 11.5. The van der Waals surface area contributed by atoms with Gasteiger partial charge in [-0.15, -0.1) is 11.3 Å². The lowest BCUT2D eigenvalue weighted by Crippen LogP contribution is -2.38. The van der Waals surface area contributed by atoms with Crippen molar-refractivity contribution in [1.82, 2.24) is 14.9 Å². The molecule has 0 unspecified atom stereocenters. The first-order valence-electron chi connectivity index (χ1n) is 9.02. The molecular weight excluding hydrogens is 362 g/mol. The first kappa shape index (κ1) is 17.7. The zero-order valence-corrected chi connectivity index (χ0v) is 15.9. The monoisotopic (exact) mass is 383 g/mol. The number of carbonyl (C=O) groups is 1. The van der Waals surface area contributed by atoms with Crippen LogP contribution in [0.25, 0.3) is 0 Å². The maximum atomic E-state index is 12.8. The molecule has 1 amide bonds. The highest BCUT2D eigenvalue weighted by Crippen LogP contribution is 2.33. The summed E-state index contributed by atoms with van der Waals surface area (Å²) >= 11 is 1.37. The van der Waals surface area contributed by atoms with E-state index in [1.54, 1.807) is 25.0 Å². The molecule has 4 rings (SSSR count). The Morgan fingerprint density at radius 2 is 2.22 bits per heavy atom. The Balaban J connectivity index is 1.54. The molecule has 7 heteroatoms. The molecule has 1 fully saturated rings. The number of piperidine rings is 1.